The normalized spacial score (nSPS) is 10.8. The van der Waals surface area contributed by atoms with Crippen molar-refractivity contribution in [2.24, 2.45) is 0 Å². The Hall–Kier alpha value is -1.82. The van der Waals surface area contributed by atoms with E-state index in [-0.39, 0.29) is 25.8 Å². The van der Waals surface area contributed by atoms with Gasteiger partial charge in [0.1, 0.15) is 0 Å². The van der Waals surface area contributed by atoms with Crippen LogP contribution in [0.25, 0.3) is 21.5 Å². The molecule has 0 amide bonds. The van der Waals surface area contributed by atoms with Crippen LogP contribution < -0.4 is 10.6 Å². The van der Waals surface area contributed by atoms with E-state index in [2.05, 4.69) is 111 Å². The van der Waals surface area contributed by atoms with E-state index in [0.29, 0.717) is 0 Å². The van der Waals surface area contributed by atoms with Crippen molar-refractivity contribution in [1.82, 2.24) is 0 Å². The van der Waals surface area contributed by atoms with Crippen molar-refractivity contribution < 1.29 is 25.8 Å². The number of benzene rings is 3. The van der Waals surface area contributed by atoms with E-state index >= 15 is 0 Å². The van der Waals surface area contributed by atoms with Gasteiger partial charge in [0.15, 0.2) is 0 Å². The molecule has 0 aliphatic carbocycles. The summed E-state index contributed by atoms with van der Waals surface area (Å²) < 4.78 is 0. The molecule has 0 saturated heterocycles. The molecule has 5 aromatic rings. The molecule has 0 N–H and O–H groups in total. The number of hydrogen-bond donors (Lipinski definition) is 0. The number of fused-ring (bicyclic) bond motifs is 2. The molecule has 0 saturated carbocycles. The first-order chi connectivity index (χ1) is 13.2. The van der Waals surface area contributed by atoms with Crippen LogP contribution in [0.3, 0.4) is 0 Å². The number of rotatable bonds is 2. The van der Waals surface area contributed by atoms with Gasteiger partial charge in [0.25, 0.3) is 0 Å². The van der Waals surface area contributed by atoms with E-state index in [9.17, 15) is 0 Å². The Morgan fingerprint density at radius 1 is 0.679 bits per heavy atom. The van der Waals surface area contributed by atoms with Crippen molar-refractivity contribution in [2.75, 3.05) is 0 Å². The molecule has 0 heterocycles. The molecular weight excluding hydrogens is 522 g/mol. The fourth-order valence-electron chi connectivity index (χ4n) is 3.51. The average molecular weight is 545 g/mol. The van der Waals surface area contributed by atoms with Crippen molar-refractivity contribution in [3.05, 3.63) is 108 Å². The zero-order chi connectivity index (χ0) is 18.6. The maximum atomic E-state index is 2.29. The van der Waals surface area contributed by atoms with Crippen molar-refractivity contribution in [1.29, 1.82) is 0 Å². The average Bonchev–Trinajstić information content (AvgIpc) is 3.22. The van der Waals surface area contributed by atoms with Crippen molar-refractivity contribution >= 4 is 40.7 Å². The van der Waals surface area contributed by atoms with Gasteiger partial charge in [0.2, 0.25) is 0 Å². The second-order valence-electron chi connectivity index (χ2n) is 6.94. The van der Waals surface area contributed by atoms with E-state index in [1.807, 2.05) is 0 Å². The van der Waals surface area contributed by atoms with Crippen LogP contribution in [0.2, 0.25) is 0 Å². The van der Waals surface area contributed by atoms with Gasteiger partial charge in [-0.05, 0) is 5.30 Å². The molecule has 2 heteroatoms. The minimum Gasteiger partial charge on any atom is -0.165 e. The SMILES string of the molecule is Cc1[cH-]c2ccccc2c1Pc1ccccc1.Cc1cc2ccccc2[cH-]1.[Hf]. The van der Waals surface area contributed by atoms with Gasteiger partial charge in [-0.25, -0.2) is 0 Å². The van der Waals surface area contributed by atoms with Gasteiger partial charge in [0.05, 0.1) is 0 Å². The molecular formula is C26H23HfP-2. The first-order valence-electron chi connectivity index (χ1n) is 9.30. The van der Waals surface area contributed by atoms with Crippen molar-refractivity contribution in [3.63, 3.8) is 0 Å². The molecule has 0 bridgehead atoms. The minimum atomic E-state index is 0. The third-order valence-corrected chi connectivity index (χ3v) is 6.34. The van der Waals surface area contributed by atoms with E-state index < -0.39 is 0 Å². The van der Waals surface area contributed by atoms with Crippen LogP contribution in [0.15, 0.2) is 97.1 Å². The molecule has 0 aromatic heterocycles. The second kappa shape index (κ2) is 9.59. The molecule has 0 fully saturated rings. The van der Waals surface area contributed by atoms with Crippen LogP contribution in [-0.2, 0) is 25.8 Å². The summed E-state index contributed by atoms with van der Waals surface area (Å²) in [6, 6.07) is 34.5. The molecule has 1 atom stereocenters. The first-order valence-corrected chi connectivity index (χ1v) is 10.3. The van der Waals surface area contributed by atoms with Crippen LogP contribution in [0, 0.1) is 13.8 Å². The third kappa shape index (κ3) is 4.77. The predicted octanol–water partition coefficient (Wildman–Crippen LogP) is 6.36. The summed E-state index contributed by atoms with van der Waals surface area (Å²) in [6.07, 6.45) is 0. The standard InChI is InChI=1S/C16H14P.C10H9.Hf/c1-12-11-13-7-5-6-10-15(13)16(12)17-14-8-3-2-4-9-14;1-8-6-9-4-2-3-5-10(9)7-8;/h2-11,17H,1H3;2-7H,1H3;/q2*-1;. The number of hydrogen-bond acceptors (Lipinski definition) is 0. The molecule has 0 nitrogen and oxygen atoms in total. The minimum absolute atomic E-state index is 0. The summed E-state index contributed by atoms with van der Waals surface area (Å²) in [6.45, 7) is 4.34. The fourth-order valence-corrected chi connectivity index (χ4v) is 4.79. The Labute approximate surface area is 187 Å². The number of aryl methyl sites for hydroxylation is 2. The second-order valence-corrected chi connectivity index (χ2v) is 8.27. The maximum absolute atomic E-state index is 2.29. The fraction of sp³-hybridized carbons (Fsp3) is 0.0769. The van der Waals surface area contributed by atoms with Crippen LogP contribution in [0.4, 0.5) is 0 Å². The molecule has 138 valence electrons. The predicted molar refractivity (Wildman–Crippen MR) is 123 cm³/mol. The van der Waals surface area contributed by atoms with E-state index in [0.717, 1.165) is 8.58 Å². The van der Waals surface area contributed by atoms with Gasteiger partial charge in [-0.1, -0.05) is 56.3 Å². The molecule has 1 unspecified atom stereocenters. The zero-order valence-corrected chi connectivity index (χ0v) is 20.8. The molecule has 5 aromatic carbocycles. The topological polar surface area (TPSA) is 0 Å². The summed E-state index contributed by atoms with van der Waals surface area (Å²) in [5, 5.41) is 8.37. The van der Waals surface area contributed by atoms with Crippen molar-refractivity contribution in [3.8, 4) is 0 Å². The molecule has 0 aliphatic heterocycles. The molecule has 28 heavy (non-hydrogen) atoms. The Morgan fingerprint density at radius 3 is 2.07 bits per heavy atom. The molecule has 0 radical (unpaired) electrons. The smallest absolute Gasteiger partial charge is 0 e. The Balaban J connectivity index is 0.000000175. The van der Waals surface area contributed by atoms with Crippen molar-refractivity contribution in [2.45, 2.75) is 13.8 Å². The quantitative estimate of drug-likeness (QED) is 0.138. The Morgan fingerprint density at radius 2 is 1.32 bits per heavy atom. The largest absolute Gasteiger partial charge is 0.165 e. The van der Waals surface area contributed by atoms with Gasteiger partial charge in [-0.15, -0.1) is 95.1 Å². The van der Waals surface area contributed by atoms with E-state index in [1.54, 1.807) is 0 Å². The van der Waals surface area contributed by atoms with E-state index in [4.69, 9.17) is 0 Å². The van der Waals surface area contributed by atoms with Gasteiger partial charge >= 0.3 is 0 Å². The monoisotopic (exact) mass is 546 g/mol. The first kappa shape index (κ1) is 20.9. The van der Waals surface area contributed by atoms with Crippen LogP contribution in [0.5, 0.6) is 0 Å². The summed E-state index contributed by atoms with van der Waals surface area (Å²) in [5.41, 5.74) is 2.76. The summed E-state index contributed by atoms with van der Waals surface area (Å²) in [7, 11) is 0.754. The molecule has 0 aliphatic rings. The third-order valence-electron chi connectivity index (χ3n) is 4.80. The maximum Gasteiger partial charge on any atom is 0 e. The summed E-state index contributed by atoms with van der Waals surface area (Å²) >= 11 is 0. The Kier molecular flexibility index (Phi) is 7.16. The van der Waals surface area contributed by atoms with Gasteiger partial charge in [-0.2, -0.15) is 6.07 Å². The van der Waals surface area contributed by atoms with Crippen LogP contribution in [0.1, 0.15) is 11.1 Å². The molecule has 0 spiro atoms. The zero-order valence-electron chi connectivity index (χ0n) is 16.2. The molecule has 5 rings (SSSR count). The summed E-state index contributed by atoms with van der Waals surface area (Å²) in [5.74, 6) is 0. The Bertz CT molecular complexity index is 1130. The van der Waals surface area contributed by atoms with Crippen LogP contribution >= 0.6 is 8.58 Å². The van der Waals surface area contributed by atoms with Gasteiger partial charge < -0.3 is 0 Å². The van der Waals surface area contributed by atoms with E-state index in [1.165, 1.54) is 43.3 Å². The van der Waals surface area contributed by atoms with Gasteiger partial charge in [-0.3, -0.25) is 0 Å². The summed E-state index contributed by atoms with van der Waals surface area (Å²) in [4.78, 5) is 0. The van der Waals surface area contributed by atoms with Gasteiger partial charge in [0, 0.05) is 25.8 Å². The van der Waals surface area contributed by atoms with Crippen LogP contribution in [-0.4, -0.2) is 0 Å².